The summed E-state index contributed by atoms with van der Waals surface area (Å²) in [4.78, 5) is 0. The normalized spacial score (nSPS) is 10.9. The molecule has 1 N–H and O–H groups in total. The van der Waals surface area contributed by atoms with Crippen LogP contribution in [0.15, 0.2) is 22.8 Å². The Morgan fingerprint density at radius 2 is 2.17 bits per heavy atom. The van der Waals surface area contributed by atoms with E-state index >= 15 is 0 Å². The van der Waals surface area contributed by atoms with Crippen LogP contribution >= 0.6 is 15.9 Å². The summed E-state index contributed by atoms with van der Waals surface area (Å²) in [5.74, 6) is -1.21. The monoisotopic (exact) mass is 316 g/mol. The number of hydrogen-bond donors (Lipinski definition) is 1. The molecule has 0 aliphatic carbocycles. The molecule has 0 saturated heterocycles. The summed E-state index contributed by atoms with van der Waals surface area (Å²) in [7, 11) is 1.78. The summed E-state index contributed by atoms with van der Waals surface area (Å²) in [5, 5.41) is 10.6. The summed E-state index contributed by atoms with van der Waals surface area (Å²) < 4.78 is 28.9. The van der Waals surface area contributed by atoms with E-state index in [1.165, 1.54) is 16.8 Å². The van der Waals surface area contributed by atoms with Crippen molar-refractivity contribution in [2.45, 2.75) is 13.1 Å². The Morgan fingerprint density at radius 1 is 1.39 bits per heavy atom. The van der Waals surface area contributed by atoms with Crippen molar-refractivity contribution in [1.29, 1.82) is 0 Å². The molecule has 0 unspecified atom stereocenters. The first kappa shape index (κ1) is 13.1. The van der Waals surface area contributed by atoms with Gasteiger partial charge in [-0.15, -0.1) is 5.10 Å². The summed E-state index contributed by atoms with van der Waals surface area (Å²) in [5.41, 5.74) is 0.679. The number of benzene rings is 1. The van der Waals surface area contributed by atoms with Gasteiger partial charge in [-0.2, -0.15) is 0 Å². The first-order valence-corrected chi connectivity index (χ1v) is 6.07. The Kier molecular flexibility index (Phi) is 4.03. The van der Waals surface area contributed by atoms with Gasteiger partial charge >= 0.3 is 0 Å². The Bertz CT molecular complexity index is 556. The summed E-state index contributed by atoms with van der Waals surface area (Å²) in [6.07, 6.45) is 1.65. The van der Waals surface area contributed by atoms with E-state index < -0.39 is 11.6 Å². The topological polar surface area (TPSA) is 42.7 Å². The van der Waals surface area contributed by atoms with Crippen molar-refractivity contribution in [3.05, 3.63) is 45.7 Å². The predicted octanol–water partition coefficient (Wildman–Crippen LogP) is 2.09. The van der Waals surface area contributed by atoms with Crippen LogP contribution in [0.5, 0.6) is 0 Å². The predicted molar refractivity (Wildman–Crippen MR) is 65.9 cm³/mol. The molecule has 0 spiro atoms. The standard InChI is InChI=1S/C11H11BrF2N4/c1-15-4-7-5-18(17-16-7)6-8-10(13)3-2-9(12)11(8)14/h2-3,5,15H,4,6H2,1H3. The lowest BCUT2D eigenvalue weighted by molar-refractivity contribution is 0.524. The molecule has 7 heteroatoms. The van der Waals surface area contributed by atoms with Crippen LogP contribution in [0.3, 0.4) is 0 Å². The molecule has 0 radical (unpaired) electrons. The van der Waals surface area contributed by atoms with Gasteiger partial charge in [0.05, 0.1) is 22.9 Å². The molecule has 1 aromatic carbocycles. The molecule has 0 saturated carbocycles. The second-order valence-corrected chi connectivity index (χ2v) is 4.61. The SMILES string of the molecule is CNCc1cn(Cc2c(F)ccc(Br)c2F)nn1. The van der Waals surface area contributed by atoms with Gasteiger partial charge in [0.25, 0.3) is 0 Å². The maximum absolute atomic E-state index is 13.7. The molecule has 18 heavy (non-hydrogen) atoms. The van der Waals surface area contributed by atoms with E-state index in [-0.39, 0.29) is 16.6 Å². The molecular weight excluding hydrogens is 306 g/mol. The number of nitrogens with one attached hydrogen (secondary N) is 1. The highest BCUT2D eigenvalue weighted by molar-refractivity contribution is 9.10. The first-order valence-electron chi connectivity index (χ1n) is 5.27. The fourth-order valence-corrected chi connectivity index (χ4v) is 1.93. The van der Waals surface area contributed by atoms with Crippen LogP contribution < -0.4 is 5.32 Å². The molecule has 0 amide bonds. The lowest BCUT2D eigenvalue weighted by atomic mass is 10.2. The fourth-order valence-electron chi connectivity index (χ4n) is 1.55. The van der Waals surface area contributed by atoms with Gasteiger partial charge in [-0.25, -0.2) is 13.5 Å². The van der Waals surface area contributed by atoms with Gasteiger partial charge in [-0.1, -0.05) is 5.21 Å². The quantitative estimate of drug-likeness (QED) is 0.878. The van der Waals surface area contributed by atoms with Crippen molar-refractivity contribution in [1.82, 2.24) is 20.3 Å². The zero-order chi connectivity index (χ0) is 13.1. The largest absolute Gasteiger partial charge is 0.314 e. The molecule has 2 rings (SSSR count). The Hall–Kier alpha value is -1.34. The zero-order valence-corrected chi connectivity index (χ0v) is 11.2. The van der Waals surface area contributed by atoms with Crippen molar-refractivity contribution >= 4 is 15.9 Å². The maximum atomic E-state index is 13.7. The molecule has 0 fully saturated rings. The second kappa shape index (κ2) is 5.53. The highest BCUT2D eigenvalue weighted by Gasteiger charge is 2.13. The van der Waals surface area contributed by atoms with Gasteiger partial charge in [0.15, 0.2) is 0 Å². The summed E-state index contributed by atoms with van der Waals surface area (Å²) in [6, 6.07) is 2.55. The van der Waals surface area contributed by atoms with E-state index in [9.17, 15) is 8.78 Å². The van der Waals surface area contributed by atoms with E-state index in [0.29, 0.717) is 12.2 Å². The zero-order valence-electron chi connectivity index (χ0n) is 9.62. The lowest BCUT2D eigenvalue weighted by Gasteiger charge is -2.05. The second-order valence-electron chi connectivity index (χ2n) is 3.76. The highest BCUT2D eigenvalue weighted by atomic mass is 79.9. The Morgan fingerprint density at radius 3 is 2.89 bits per heavy atom. The summed E-state index contributed by atoms with van der Waals surface area (Å²) in [6.45, 7) is 0.567. The van der Waals surface area contributed by atoms with E-state index in [1.807, 2.05) is 0 Å². The molecule has 2 aromatic rings. The van der Waals surface area contributed by atoms with Gasteiger partial charge in [0.2, 0.25) is 0 Å². The highest BCUT2D eigenvalue weighted by Crippen LogP contribution is 2.22. The molecular formula is C11H11BrF2N4. The average Bonchev–Trinajstić information content (AvgIpc) is 2.78. The average molecular weight is 317 g/mol. The van der Waals surface area contributed by atoms with E-state index in [0.717, 1.165) is 0 Å². The molecule has 0 aliphatic heterocycles. The molecule has 0 bridgehead atoms. The Balaban J connectivity index is 2.25. The van der Waals surface area contributed by atoms with E-state index in [1.54, 1.807) is 13.2 Å². The van der Waals surface area contributed by atoms with Crippen LogP contribution in [0.25, 0.3) is 0 Å². The third-order valence-corrected chi connectivity index (χ3v) is 3.02. The van der Waals surface area contributed by atoms with Crippen LogP contribution in [0.4, 0.5) is 8.78 Å². The van der Waals surface area contributed by atoms with Gasteiger partial charge in [0, 0.05) is 12.1 Å². The lowest BCUT2D eigenvalue weighted by Crippen LogP contribution is -2.06. The number of aromatic nitrogens is 3. The van der Waals surface area contributed by atoms with E-state index in [2.05, 4.69) is 31.6 Å². The molecule has 1 aromatic heterocycles. The Labute approximate surface area is 111 Å². The third-order valence-electron chi connectivity index (χ3n) is 2.40. The van der Waals surface area contributed by atoms with Crippen molar-refractivity contribution in [2.75, 3.05) is 7.05 Å². The first-order chi connectivity index (χ1) is 8.61. The van der Waals surface area contributed by atoms with Gasteiger partial charge in [0.1, 0.15) is 11.6 Å². The van der Waals surface area contributed by atoms with Gasteiger partial charge in [-0.3, -0.25) is 0 Å². The van der Waals surface area contributed by atoms with Crippen LogP contribution in [0.2, 0.25) is 0 Å². The molecule has 0 atom stereocenters. The van der Waals surface area contributed by atoms with Crippen molar-refractivity contribution < 1.29 is 8.78 Å². The third kappa shape index (κ3) is 2.73. The minimum Gasteiger partial charge on any atom is -0.314 e. The molecule has 96 valence electrons. The van der Waals surface area contributed by atoms with Crippen LogP contribution in [-0.4, -0.2) is 22.0 Å². The number of hydrogen-bond acceptors (Lipinski definition) is 3. The summed E-state index contributed by atoms with van der Waals surface area (Å²) >= 11 is 3.03. The van der Waals surface area contributed by atoms with Crippen molar-refractivity contribution in [2.24, 2.45) is 0 Å². The number of nitrogens with zero attached hydrogens (tertiary/aromatic N) is 3. The van der Waals surface area contributed by atoms with Crippen molar-refractivity contribution in [3.8, 4) is 0 Å². The molecule has 1 heterocycles. The smallest absolute Gasteiger partial charge is 0.145 e. The minimum absolute atomic E-state index is 0.00776. The van der Waals surface area contributed by atoms with Crippen LogP contribution in [0.1, 0.15) is 11.3 Å². The maximum Gasteiger partial charge on any atom is 0.145 e. The van der Waals surface area contributed by atoms with Crippen molar-refractivity contribution in [3.63, 3.8) is 0 Å². The molecule has 0 aliphatic rings. The van der Waals surface area contributed by atoms with E-state index in [4.69, 9.17) is 0 Å². The van der Waals surface area contributed by atoms with Crippen LogP contribution in [-0.2, 0) is 13.1 Å². The van der Waals surface area contributed by atoms with Gasteiger partial charge < -0.3 is 5.32 Å². The number of halogens is 3. The van der Waals surface area contributed by atoms with Crippen LogP contribution in [0, 0.1) is 11.6 Å². The minimum atomic E-state index is -0.610. The number of rotatable bonds is 4. The fraction of sp³-hybridized carbons (Fsp3) is 0.273. The molecule has 4 nitrogen and oxygen atoms in total. The van der Waals surface area contributed by atoms with Gasteiger partial charge in [-0.05, 0) is 35.1 Å².